The number of aryl methyl sites for hydroxylation is 3. The second kappa shape index (κ2) is 10.2. The fourth-order valence-corrected chi connectivity index (χ4v) is 4.91. The average Bonchev–Trinajstić information content (AvgIpc) is 3.22. The van der Waals surface area contributed by atoms with Crippen molar-refractivity contribution in [3.05, 3.63) is 101 Å². The van der Waals surface area contributed by atoms with Crippen LogP contribution in [0.1, 0.15) is 32.9 Å². The Kier molecular flexibility index (Phi) is 7.12. The summed E-state index contributed by atoms with van der Waals surface area (Å²) in [6.07, 6.45) is 0. The fourth-order valence-electron chi connectivity index (χ4n) is 3.23. The maximum absolute atomic E-state index is 12.8. The lowest BCUT2D eigenvalue weighted by molar-refractivity contribution is 0.102. The van der Waals surface area contributed by atoms with E-state index in [2.05, 4.69) is 52.9 Å². The van der Waals surface area contributed by atoms with Gasteiger partial charge in [-0.3, -0.25) is 9.36 Å². The molecule has 4 rings (SSSR count). The molecular formula is C26H25N3OS2. The van der Waals surface area contributed by atoms with Crippen LogP contribution in [0.3, 0.4) is 0 Å². The van der Waals surface area contributed by atoms with Gasteiger partial charge in [0.25, 0.3) is 0 Å². The average molecular weight is 460 g/mol. The minimum Gasteiger partial charge on any atom is -0.293 e. The molecule has 1 aromatic heterocycles. The van der Waals surface area contributed by atoms with Gasteiger partial charge in [0, 0.05) is 16.1 Å². The second-order valence-electron chi connectivity index (χ2n) is 7.68. The molecule has 0 aliphatic heterocycles. The highest BCUT2D eigenvalue weighted by Gasteiger charge is 2.17. The van der Waals surface area contributed by atoms with E-state index in [0.717, 1.165) is 27.8 Å². The summed E-state index contributed by atoms with van der Waals surface area (Å²) in [5.41, 5.74) is 5.30. The molecule has 4 nitrogen and oxygen atoms in total. The summed E-state index contributed by atoms with van der Waals surface area (Å²) < 4.78 is 2.06. The van der Waals surface area contributed by atoms with E-state index >= 15 is 0 Å². The molecule has 0 saturated heterocycles. The van der Waals surface area contributed by atoms with Crippen molar-refractivity contribution in [1.82, 2.24) is 14.8 Å². The highest BCUT2D eigenvalue weighted by Crippen LogP contribution is 2.28. The smallest absolute Gasteiger partial charge is 0.196 e. The fraction of sp³-hybridized carbons (Fsp3) is 0.192. The molecule has 0 aliphatic rings. The number of Topliss-reactive ketones (excluding diaryl/α,β-unsaturated/α-hetero) is 1. The number of hydrogen-bond donors (Lipinski definition) is 0. The summed E-state index contributed by atoms with van der Waals surface area (Å²) in [6.45, 7) is 6.17. The van der Waals surface area contributed by atoms with Crippen molar-refractivity contribution in [3.63, 3.8) is 0 Å². The van der Waals surface area contributed by atoms with Gasteiger partial charge in [0.05, 0.1) is 11.5 Å². The Morgan fingerprint density at radius 3 is 2.31 bits per heavy atom. The van der Waals surface area contributed by atoms with Gasteiger partial charge in [0.15, 0.2) is 10.9 Å². The number of hydrogen-bond acceptors (Lipinski definition) is 5. The van der Waals surface area contributed by atoms with Crippen molar-refractivity contribution < 1.29 is 4.79 Å². The van der Waals surface area contributed by atoms with Crippen LogP contribution in [-0.2, 0) is 5.75 Å². The molecule has 1 heterocycles. The first-order valence-electron chi connectivity index (χ1n) is 10.4. The second-order valence-corrected chi connectivity index (χ2v) is 9.67. The Morgan fingerprint density at radius 2 is 1.59 bits per heavy atom. The molecular weight excluding hydrogens is 434 g/mol. The zero-order chi connectivity index (χ0) is 22.5. The quantitative estimate of drug-likeness (QED) is 0.223. The van der Waals surface area contributed by atoms with Gasteiger partial charge in [0.2, 0.25) is 0 Å². The monoisotopic (exact) mass is 459 g/mol. The first-order valence-corrected chi connectivity index (χ1v) is 12.4. The molecule has 162 valence electrons. The van der Waals surface area contributed by atoms with Gasteiger partial charge in [-0.05, 0) is 62.2 Å². The number of benzene rings is 3. The van der Waals surface area contributed by atoms with Gasteiger partial charge in [-0.25, -0.2) is 0 Å². The van der Waals surface area contributed by atoms with E-state index in [0.29, 0.717) is 11.5 Å². The molecule has 0 N–H and O–H groups in total. The predicted molar refractivity (Wildman–Crippen MR) is 133 cm³/mol. The molecule has 0 spiro atoms. The summed E-state index contributed by atoms with van der Waals surface area (Å²) >= 11 is 3.16. The van der Waals surface area contributed by atoms with Gasteiger partial charge in [-0.15, -0.1) is 22.0 Å². The normalized spacial score (nSPS) is 11.0. The topological polar surface area (TPSA) is 47.8 Å². The van der Waals surface area contributed by atoms with E-state index in [1.165, 1.54) is 27.8 Å². The Hall–Kier alpha value is -2.83. The Labute approximate surface area is 197 Å². The Morgan fingerprint density at radius 1 is 0.844 bits per heavy atom. The molecule has 0 amide bonds. The molecule has 0 unspecified atom stereocenters. The molecule has 3 aromatic carbocycles. The molecule has 4 aromatic rings. The summed E-state index contributed by atoms with van der Waals surface area (Å²) in [5, 5.41) is 9.62. The first kappa shape index (κ1) is 22.4. The van der Waals surface area contributed by atoms with Crippen LogP contribution in [0.15, 0.2) is 82.8 Å². The molecule has 32 heavy (non-hydrogen) atoms. The molecule has 0 saturated carbocycles. The van der Waals surface area contributed by atoms with Crippen LogP contribution in [0.2, 0.25) is 0 Å². The van der Waals surface area contributed by atoms with Gasteiger partial charge in [-0.2, -0.15) is 0 Å². The van der Waals surface area contributed by atoms with Crippen LogP contribution in [0.25, 0.3) is 5.69 Å². The number of thioether (sulfide) groups is 2. The number of carbonyl (C=O) groups excluding carboxylic acids is 1. The number of nitrogens with zero attached hydrogens (tertiary/aromatic N) is 3. The van der Waals surface area contributed by atoms with Gasteiger partial charge < -0.3 is 0 Å². The lowest BCUT2D eigenvalue weighted by Crippen LogP contribution is -2.06. The Bertz CT molecular complexity index is 1220. The third-order valence-corrected chi connectivity index (χ3v) is 7.20. The zero-order valence-corrected chi connectivity index (χ0v) is 20.0. The molecule has 0 atom stereocenters. The molecule has 0 radical (unpaired) electrons. The van der Waals surface area contributed by atoms with E-state index in [9.17, 15) is 4.79 Å². The molecule has 0 fully saturated rings. The van der Waals surface area contributed by atoms with E-state index < -0.39 is 0 Å². The maximum Gasteiger partial charge on any atom is 0.196 e. The third-order valence-electron chi connectivity index (χ3n) is 5.26. The lowest BCUT2D eigenvalue weighted by atomic mass is 10.0. The first-order chi connectivity index (χ1) is 15.5. The highest BCUT2D eigenvalue weighted by molar-refractivity contribution is 7.99. The van der Waals surface area contributed by atoms with E-state index in [-0.39, 0.29) is 5.78 Å². The summed E-state index contributed by atoms with van der Waals surface area (Å²) in [6, 6.07) is 24.4. The molecule has 6 heteroatoms. The van der Waals surface area contributed by atoms with E-state index in [1.807, 2.05) is 55.5 Å². The van der Waals surface area contributed by atoms with E-state index in [1.54, 1.807) is 11.8 Å². The number of rotatable bonds is 8. The lowest BCUT2D eigenvalue weighted by Gasteiger charge is -2.10. The van der Waals surface area contributed by atoms with Crippen molar-refractivity contribution in [3.8, 4) is 5.69 Å². The van der Waals surface area contributed by atoms with E-state index in [4.69, 9.17) is 0 Å². The maximum atomic E-state index is 12.8. The zero-order valence-electron chi connectivity index (χ0n) is 18.4. The van der Waals surface area contributed by atoms with Crippen LogP contribution in [0.4, 0.5) is 0 Å². The highest BCUT2D eigenvalue weighted by atomic mass is 32.2. The van der Waals surface area contributed by atoms with Crippen LogP contribution in [0.5, 0.6) is 0 Å². The number of aromatic nitrogens is 3. The SMILES string of the molecule is Cc1ccc(SCc2nnc(SCC(=O)c3ccc(C)c(C)c3)n2-c2ccccc2)cc1. The van der Waals surface area contributed by atoms with Gasteiger partial charge in [0.1, 0.15) is 5.82 Å². The van der Waals surface area contributed by atoms with Gasteiger partial charge in [-0.1, -0.05) is 59.8 Å². The minimum atomic E-state index is 0.0938. The largest absolute Gasteiger partial charge is 0.293 e. The van der Waals surface area contributed by atoms with Crippen LogP contribution >= 0.6 is 23.5 Å². The number of carbonyl (C=O) groups is 1. The Balaban J connectivity index is 1.54. The van der Waals surface area contributed by atoms with Crippen LogP contribution in [-0.4, -0.2) is 26.3 Å². The molecule has 0 aliphatic carbocycles. The van der Waals surface area contributed by atoms with Crippen LogP contribution < -0.4 is 0 Å². The predicted octanol–water partition coefficient (Wildman–Crippen LogP) is 6.46. The summed E-state index contributed by atoms with van der Waals surface area (Å²) in [4.78, 5) is 14.0. The number of ketones is 1. The number of para-hydroxylation sites is 1. The summed E-state index contributed by atoms with van der Waals surface area (Å²) in [7, 11) is 0. The van der Waals surface area contributed by atoms with Crippen molar-refractivity contribution in [2.45, 2.75) is 36.6 Å². The minimum absolute atomic E-state index is 0.0938. The van der Waals surface area contributed by atoms with Crippen LogP contribution in [0, 0.1) is 20.8 Å². The third kappa shape index (κ3) is 5.31. The molecule has 0 bridgehead atoms. The van der Waals surface area contributed by atoms with Gasteiger partial charge >= 0.3 is 0 Å². The standard InChI is InChI=1S/C26H25N3OS2/c1-18-9-13-23(14-10-18)31-17-25-27-28-26(29(25)22-7-5-4-6-8-22)32-16-24(30)21-12-11-19(2)20(3)15-21/h4-15H,16-17H2,1-3H3. The van der Waals surface area contributed by atoms with Crippen molar-refractivity contribution in [2.75, 3.05) is 5.75 Å². The van der Waals surface area contributed by atoms with Crippen molar-refractivity contribution in [2.24, 2.45) is 0 Å². The van der Waals surface area contributed by atoms with Crippen molar-refractivity contribution in [1.29, 1.82) is 0 Å². The summed E-state index contributed by atoms with van der Waals surface area (Å²) in [5.74, 6) is 1.97. The van der Waals surface area contributed by atoms with Crippen molar-refractivity contribution >= 4 is 29.3 Å².